The Kier molecular flexibility index (Phi) is 2.85. The monoisotopic (exact) mass is 272 g/mol. The first kappa shape index (κ1) is 12.5. The van der Waals surface area contributed by atoms with Crippen molar-refractivity contribution in [1.82, 2.24) is 9.78 Å². The number of fused-ring (bicyclic) bond motifs is 1. The first-order valence-corrected chi connectivity index (χ1v) is 6.36. The van der Waals surface area contributed by atoms with Crippen LogP contribution in [0.5, 0.6) is 5.75 Å². The summed E-state index contributed by atoms with van der Waals surface area (Å²) >= 11 is 0. The number of aromatic nitrogens is 2. The minimum absolute atomic E-state index is 0.0266. The van der Waals surface area contributed by atoms with E-state index in [0.717, 1.165) is 16.9 Å². The molecule has 1 aromatic carbocycles. The Bertz CT molecular complexity index is 661. The van der Waals surface area contributed by atoms with E-state index in [2.05, 4.69) is 10.4 Å². The van der Waals surface area contributed by atoms with Crippen molar-refractivity contribution < 1.29 is 9.53 Å². The molecule has 3 N–H and O–H groups in total. The van der Waals surface area contributed by atoms with Crippen LogP contribution in [0.1, 0.15) is 23.5 Å². The Morgan fingerprint density at radius 2 is 2.10 bits per heavy atom. The van der Waals surface area contributed by atoms with E-state index in [4.69, 9.17) is 10.5 Å². The minimum atomic E-state index is -0.0710. The average Bonchev–Trinajstić information content (AvgIpc) is 2.73. The fourth-order valence-electron chi connectivity index (χ4n) is 2.64. The molecule has 1 atom stereocenters. The lowest BCUT2D eigenvalue weighted by molar-refractivity contribution is -0.116. The molecule has 2 aromatic rings. The number of hydrogen-bond donors (Lipinski definition) is 2. The molecule has 6 heteroatoms. The number of nitrogens with two attached hydrogens (primary N) is 1. The number of carbonyl (C=O) groups is 1. The standard InChI is InChI=1S/C14H16N4O2/c1-18-14-12(13(15)17-18)10(7-11(19)16-14)8-3-5-9(20-2)6-4-8/h3-6,10H,7H2,1-2H3,(H2,15,17)(H,16,19). The maximum absolute atomic E-state index is 11.9. The molecular formula is C14H16N4O2. The van der Waals surface area contributed by atoms with Gasteiger partial charge in [-0.3, -0.25) is 9.48 Å². The Morgan fingerprint density at radius 3 is 2.75 bits per heavy atom. The maximum Gasteiger partial charge on any atom is 0.226 e. The summed E-state index contributed by atoms with van der Waals surface area (Å²) in [5.41, 5.74) is 7.90. The summed E-state index contributed by atoms with van der Waals surface area (Å²) in [7, 11) is 3.39. The fraction of sp³-hybridized carbons (Fsp3) is 0.286. The van der Waals surface area contributed by atoms with Crippen LogP contribution in [0.25, 0.3) is 0 Å². The molecule has 104 valence electrons. The molecule has 0 saturated carbocycles. The third-order valence-electron chi connectivity index (χ3n) is 3.63. The molecule has 1 unspecified atom stereocenters. The van der Waals surface area contributed by atoms with Gasteiger partial charge in [0, 0.05) is 24.9 Å². The van der Waals surface area contributed by atoms with Gasteiger partial charge in [-0.25, -0.2) is 0 Å². The summed E-state index contributed by atoms with van der Waals surface area (Å²) in [6.45, 7) is 0. The van der Waals surface area contributed by atoms with E-state index in [9.17, 15) is 4.79 Å². The number of nitrogens with one attached hydrogen (secondary N) is 1. The van der Waals surface area contributed by atoms with E-state index in [1.807, 2.05) is 24.3 Å². The normalized spacial score (nSPS) is 17.5. The molecular weight excluding hydrogens is 256 g/mol. The number of anilines is 2. The molecule has 2 heterocycles. The summed E-state index contributed by atoms with van der Waals surface area (Å²) in [6.07, 6.45) is 0.370. The number of methoxy groups -OCH3 is 1. The molecule has 0 radical (unpaired) electrons. The highest BCUT2D eigenvalue weighted by Gasteiger charge is 2.31. The average molecular weight is 272 g/mol. The molecule has 20 heavy (non-hydrogen) atoms. The summed E-state index contributed by atoms with van der Waals surface area (Å²) in [4.78, 5) is 11.9. The zero-order valence-electron chi connectivity index (χ0n) is 11.4. The molecule has 1 aromatic heterocycles. The SMILES string of the molecule is COc1ccc(C2CC(=O)Nc3c2c(N)nn3C)cc1. The number of nitrogens with zero attached hydrogens (tertiary/aromatic N) is 2. The van der Waals surface area contributed by atoms with Gasteiger partial charge in [0.05, 0.1) is 7.11 Å². The van der Waals surface area contributed by atoms with Gasteiger partial charge in [0.25, 0.3) is 0 Å². The molecule has 0 saturated heterocycles. The van der Waals surface area contributed by atoms with Crippen LogP contribution in [0.2, 0.25) is 0 Å². The van der Waals surface area contributed by atoms with E-state index < -0.39 is 0 Å². The van der Waals surface area contributed by atoms with Crippen LogP contribution >= 0.6 is 0 Å². The number of ether oxygens (including phenoxy) is 1. The molecule has 1 aliphatic heterocycles. The first-order valence-electron chi connectivity index (χ1n) is 6.36. The lowest BCUT2D eigenvalue weighted by Gasteiger charge is -2.23. The summed E-state index contributed by atoms with van der Waals surface area (Å²) in [5.74, 6) is 1.83. The van der Waals surface area contributed by atoms with Crippen molar-refractivity contribution in [2.45, 2.75) is 12.3 Å². The number of amides is 1. The van der Waals surface area contributed by atoms with Crippen molar-refractivity contribution in [3.8, 4) is 5.75 Å². The van der Waals surface area contributed by atoms with Crippen LogP contribution in [0.3, 0.4) is 0 Å². The zero-order valence-corrected chi connectivity index (χ0v) is 11.4. The Balaban J connectivity index is 2.07. The largest absolute Gasteiger partial charge is 0.497 e. The van der Waals surface area contributed by atoms with E-state index in [-0.39, 0.29) is 11.8 Å². The van der Waals surface area contributed by atoms with E-state index >= 15 is 0 Å². The zero-order chi connectivity index (χ0) is 14.3. The summed E-state index contributed by atoms with van der Waals surface area (Å²) in [6, 6.07) is 7.68. The predicted octanol–water partition coefficient (Wildman–Crippen LogP) is 1.48. The second kappa shape index (κ2) is 4.56. The van der Waals surface area contributed by atoms with Crippen LogP contribution < -0.4 is 15.8 Å². The Labute approximate surface area is 116 Å². The van der Waals surface area contributed by atoms with Crippen LogP contribution in [0, 0.1) is 0 Å². The molecule has 3 rings (SSSR count). The van der Waals surface area contributed by atoms with Crippen LogP contribution in [-0.2, 0) is 11.8 Å². The lowest BCUT2D eigenvalue weighted by atomic mass is 9.87. The molecule has 0 aliphatic carbocycles. The molecule has 1 aliphatic rings. The topological polar surface area (TPSA) is 82.2 Å². The smallest absolute Gasteiger partial charge is 0.226 e. The quantitative estimate of drug-likeness (QED) is 0.867. The highest BCUT2D eigenvalue weighted by molar-refractivity contribution is 5.95. The van der Waals surface area contributed by atoms with Crippen molar-refractivity contribution in [3.05, 3.63) is 35.4 Å². The van der Waals surface area contributed by atoms with Gasteiger partial charge in [-0.15, -0.1) is 0 Å². The van der Waals surface area contributed by atoms with Gasteiger partial charge in [0.15, 0.2) is 5.82 Å². The van der Waals surface area contributed by atoms with Gasteiger partial charge in [-0.1, -0.05) is 12.1 Å². The maximum atomic E-state index is 11.9. The highest BCUT2D eigenvalue weighted by Crippen LogP contribution is 2.40. The summed E-state index contributed by atoms with van der Waals surface area (Å²) < 4.78 is 6.76. The molecule has 6 nitrogen and oxygen atoms in total. The van der Waals surface area contributed by atoms with Crippen molar-refractivity contribution in [2.24, 2.45) is 7.05 Å². The number of nitrogen functional groups attached to an aromatic ring is 1. The van der Waals surface area contributed by atoms with Crippen LogP contribution in [0.15, 0.2) is 24.3 Å². The van der Waals surface area contributed by atoms with Crippen molar-refractivity contribution in [3.63, 3.8) is 0 Å². The minimum Gasteiger partial charge on any atom is -0.497 e. The molecule has 1 amide bonds. The predicted molar refractivity (Wildman–Crippen MR) is 75.7 cm³/mol. The number of carbonyl (C=O) groups excluding carboxylic acids is 1. The van der Waals surface area contributed by atoms with E-state index in [1.54, 1.807) is 18.8 Å². The number of aryl methyl sites for hydroxylation is 1. The van der Waals surface area contributed by atoms with E-state index in [0.29, 0.717) is 18.1 Å². The number of hydrogen-bond acceptors (Lipinski definition) is 4. The van der Waals surface area contributed by atoms with Gasteiger partial charge in [0.2, 0.25) is 5.91 Å². The Morgan fingerprint density at radius 1 is 1.40 bits per heavy atom. The lowest BCUT2D eigenvalue weighted by Crippen LogP contribution is -2.24. The van der Waals surface area contributed by atoms with Gasteiger partial charge in [-0.05, 0) is 17.7 Å². The second-order valence-electron chi connectivity index (χ2n) is 4.85. The van der Waals surface area contributed by atoms with Gasteiger partial charge in [0.1, 0.15) is 11.6 Å². The van der Waals surface area contributed by atoms with Gasteiger partial charge in [-0.2, -0.15) is 5.10 Å². The molecule has 0 fully saturated rings. The van der Waals surface area contributed by atoms with Crippen molar-refractivity contribution in [2.75, 3.05) is 18.2 Å². The fourth-order valence-corrected chi connectivity index (χ4v) is 2.64. The summed E-state index contributed by atoms with van der Waals surface area (Å²) in [5, 5.41) is 7.02. The van der Waals surface area contributed by atoms with Crippen molar-refractivity contribution >= 4 is 17.5 Å². The number of rotatable bonds is 2. The van der Waals surface area contributed by atoms with Gasteiger partial charge < -0.3 is 15.8 Å². The Hall–Kier alpha value is -2.50. The highest BCUT2D eigenvalue weighted by atomic mass is 16.5. The third kappa shape index (κ3) is 1.89. The van der Waals surface area contributed by atoms with Crippen LogP contribution in [-0.4, -0.2) is 22.8 Å². The second-order valence-corrected chi connectivity index (χ2v) is 4.85. The first-order chi connectivity index (χ1) is 9.60. The van der Waals surface area contributed by atoms with Crippen molar-refractivity contribution in [1.29, 1.82) is 0 Å². The van der Waals surface area contributed by atoms with Crippen LogP contribution in [0.4, 0.5) is 11.6 Å². The number of benzene rings is 1. The third-order valence-corrected chi connectivity index (χ3v) is 3.63. The van der Waals surface area contributed by atoms with E-state index in [1.165, 1.54) is 0 Å². The molecule has 0 bridgehead atoms. The van der Waals surface area contributed by atoms with Gasteiger partial charge >= 0.3 is 0 Å². The molecule has 0 spiro atoms.